The summed E-state index contributed by atoms with van der Waals surface area (Å²) in [5, 5.41) is 14.8. The minimum atomic E-state index is -0.456. The number of H-pyrrole nitrogens is 1. The van der Waals surface area contributed by atoms with Gasteiger partial charge < -0.3 is 10.6 Å². The van der Waals surface area contributed by atoms with E-state index in [1.165, 1.54) is 6.20 Å². The van der Waals surface area contributed by atoms with Crippen LogP contribution in [-0.4, -0.2) is 39.8 Å². The van der Waals surface area contributed by atoms with Crippen molar-refractivity contribution >= 4 is 11.8 Å². The molecule has 1 fully saturated rings. The van der Waals surface area contributed by atoms with Gasteiger partial charge in [0.2, 0.25) is 5.91 Å². The van der Waals surface area contributed by atoms with Crippen LogP contribution in [0.5, 0.6) is 0 Å². The molecule has 1 saturated heterocycles. The van der Waals surface area contributed by atoms with Crippen LogP contribution in [0.4, 0.5) is 0 Å². The third-order valence-corrected chi connectivity index (χ3v) is 2.24. The molecule has 2 amide bonds. The number of nitrogens with zero attached hydrogens (tertiary/aromatic N) is 2. The molecule has 0 aliphatic carbocycles. The number of amides is 2. The van der Waals surface area contributed by atoms with Gasteiger partial charge in [-0.3, -0.25) is 9.59 Å². The Kier molecular flexibility index (Phi) is 2.61. The van der Waals surface area contributed by atoms with Gasteiger partial charge in [0.1, 0.15) is 6.04 Å². The van der Waals surface area contributed by atoms with Gasteiger partial charge in [-0.1, -0.05) is 0 Å². The van der Waals surface area contributed by atoms with E-state index < -0.39 is 6.04 Å². The number of rotatable bonds is 2. The molecule has 1 aliphatic heterocycles. The van der Waals surface area contributed by atoms with Gasteiger partial charge in [-0.25, -0.2) is 0 Å². The van der Waals surface area contributed by atoms with Crippen molar-refractivity contribution in [2.24, 2.45) is 0 Å². The summed E-state index contributed by atoms with van der Waals surface area (Å²) in [5.41, 5.74) is 0.188. The first kappa shape index (κ1) is 9.63. The largest absolute Gasteiger partial charge is 0.354 e. The van der Waals surface area contributed by atoms with E-state index in [2.05, 4.69) is 26.0 Å². The molecule has 0 spiro atoms. The van der Waals surface area contributed by atoms with Crippen LogP contribution in [-0.2, 0) is 4.79 Å². The summed E-state index contributed by atoms with van der Waals surface area (Å²) in [5.74, 6) is -0.524. The zero-order valence-corrected chi connectivity index (χ0v) is 7.99. The summed E-state index contributed by atoms with van der Waals surface area (Å²) >= 11 is 0. The van der Waals surface area contributed by atoms with E-state index in [-0.39, 0.29) is 17.5 Å². The Morgan fingerprint density at radius 2 is 2.47 bits per heavy atom. The molecule has 0 saturated carbocycles. The zero-order valence-electron chi connectivity index (χ0n) is 7.99. The van der Waals surface area contributed by atoms with Gasteiger partial charge in [-0.15, -0.1) is 0 Å². The molecule has 1 atom stereocenters. The molecule has 2 heterocycles. The Balaban J connectivity index is 1.96. The number of nitrogens with one attached hydrogen (secondary N) is 3. The van der Waals surface area contributed by atoms with Crippen LogP contribution in [0.15, 0.2) is 6.20 Å². The maximum Gasteiger partial charge on any atom is 0.274 e. The Morgan fingerprint density at radius 3 is 3.13 bits per heavy atom. The number of aromatic nitrogens is 3. The molecule has 15 heavy (non-hydrogen) atoms. The van der Waals surface area contributed by atoms with E-state index in [9.17, 15) is 9.59 Å². The number of hydrogen-bond acceptors (Lipinski definition) is 4. The van der Waals surface area contributed by atoms with E-state index in [0.29, 0.717) is 13.0 Å². The quantitative estimate of drug-likeness (QED) is 0.570. The second-order valence-corrected chi connectivity index (χ2v) is 3.31. The maximum atomic E-state index is 11.5. The van der Waals surface area contributed by atoms with Crippen molar-refractivity contribution in [3.8, 4) is 0 Å². The van der Waals surface area contributed by atoms with Gasteiger partial charge in [-0.05, 0) is 12.8 Å². The predicted octanol–water partition coefficient (Wildman–Crippen LogP) is -1.19. The molecule has 0 aromatic carbocycles. The fraction of sp³-hybridized carbons (Fsp3) is 0.500. The smallest absolute Gasteiger partial charge is 0.274 e. The first-order chi connectivity index (χ1) is 7.27. The molecule has 1 aromatic rings. The topological polar surface area (TPSA) is 99.8 Å². The summed E-state index contributed by atoms with van der Waals surface area (Å²) in [6, 6.07) is -0.456. The molecule has 1 aromatic heterocycles. The van der Waals surface area contributed by atoms with Crippen molar-refractivity contribution in [2.45, 2.75) is 18.9 Å². The number of aromatic amines is 1. The maximum absolute atomic E-state index is 11.5. The molecule has 80 valence electrons. The molecule has 7 heteroatoms. The fourth-order valence-electron chi connectivity index (χ4n) is 1.45. The van der Waals surface area contributed by atoms with Crippen molar-refractivity contribution in [1.82, 2.24) is 26.0 Å². The van der Waals surface area contributed by atoms with Crippen molar-refractivity contribution in [3.05, 3.63) is 11.9 Å². The number of hydrogen-bond donors (Lipinski definition) is 3. The highest BCUT2D eigenvalue weighted by molar-refractivity contribution is 5.95. The zero-order chi connectivity index (χ0) is 10.7. The van der Waals surface area contributed by atoms with Crippen molar-refractivity contribution in [3.63, 3.8) is 0 Å². The Morgan fingerprint density at radius 1 is 1.60 bits per heavy atom. The third kappa shape index (κ3) is 2.12. The molecular formula is C8H11N5O2. The number of carbonyl (C=O) groups is 2. The summed E-state index contributed by atoms with van der Waals surface area (Å²) in [7, 11) is 0. The van der Waals surface area contributed by atoms with E-state index in [0.717, 1.165) is 6.42 Å². The van der Waals surface area contributed by atoms with Gasteiger partial charge in [-0.2, -0.15) is 15.4 Å². The lowest BCUT2D eigenvalue weighted by molar-refractivity contribution is -0.124. The molecule has 1 unspecified atom stereocenters. The highest BCUT2D eigenvalue weighted by Gasteiger charge is 2.24. The summed E-state index contributed by atoms with van der Waals surface area (Å²) < 4.78 is 0. The first-order valence-electron chi connectivity index (χ1n) is 4.72. The van der Waals surface area contributed by atoms with Crippen LogP contribution < -0.4 is 10.6 Å². The molecule has 2 rings (SSSR count). The van der Waals surface area contributed by atoms with Gasteiger partial charge in [0.15, 0.2) is 5.69 Å². The average molecular weight is 209 g/mol. The normalized spacial score (nSPS) is 20.8. The summed E-state index contributed by atoms with van der Waals surface area (Å²) in [6.45, 7) is 0.676. The molecule has 1 aliphatic rings. The minimum absolute atomic E-state index is 0.141. The third-order valence-electron chi connectivity index (χ3n) is 2.24. The number of carbonyl (C=O) groups excluding carboxylic acids is 2. The lowest BCUT2D eigenvalue weighted by Crippen LogP contribution is -2.50. The molecule has 7 nitrogen and oxygen atoms in total. The molecular weight excluding hydrogens is 198 g/mol. The van der Waals surface area contributed by atoms with Crippen LogP contribution in [0.3, 0.4) is 0 Å². The highest BCUT2D eigenvalue weighted by atomic mass is 16.2. The fourth-order valence-corrected chi connectivity index (χ4v) is 1.45. The van der Waals surface area contributed by atoms with Crippen molar-refractivity contribution in [2.75, 3.05) is 6.54 Å². The van der Waals surface area contributed by atoms with E-state index >= 15 is 0 Å². The summed E-state index contributed by atoms with van der Waals surface area (Å²) in [6.07, 6.45) is 2.85. The standard InChI is InChI=1S/C8H11N5O2/c14-7-5(2-1-3-9-7)11-8(15)6-4-10-13-12-6/h4-5H,1-3H2,(H,9,14)(H,11,15)(H,10,12,13). The monoisotopic (exact) mass is 209 g/mol. The predicted molar refractivity (Wildman–Crippen MR) is 49.9 cm³/mol. The lowest BCUT2D eigenvalue weighted by Gasteiger charge is -2.22. The minimum Gasteiger partial charge on any atom is -0.354 e. The van der Waals surface area contributed by atoms with Gasteiger partial charge in [0, 0.05) is 6.54 Å². The van der Waals surface area contributed by atoms with Crippen LogP contribution in [0.25, 0.3) is 0 Å². The Bertz CT molecular complexity index is 361. The average Bonchev–Trinajstić information content (AvgIpc) is 2.74. The SMILES string of the molecule is O=C(NC1CCCNC1=O)c1cn[nH]n1. The second kappa shape index (κ2) is 4.07. The Hall–Kier alpha value is -1.92. The van der Waals surface area contributed by atoms with Gasteiger partial charge in [0.25, 0.3) is 5.91 Å². The number of piperidine rings is 1. The van der Waals surface area contributed by atoms with Crippen LogP contribution in [0, 0.1) is 0 Å². The van der Waals surface area contributed by atoms with Crippen molar-refractivity contribution in [1.29, 1.82) is 0 Å². The summed E-state index contributed by atoms with van der Waals surface area (Å²) in [4.78, 5) is 22.8. The molecule has 0 radical (unpaired) electrons. The van der Waals surface area contributed by atoms with Crippen LogP contribution >= 0.6 is 0 Å². The van der Waals surface area contributed by atoms with E-state index in [4.69, 9.17) is 0 Å². The first-order valence-corrected chi connectivity index (χ1v) is 4.72. The van der Waals surface area contributed by atoms with E-state index in [1.807, 2.05) is 0 Å². The van der Waals surface area contributed by atoms with Crippen molar-refractivity contribution < 1.29 is 9.59 Å². The lowest BCUT2D eigenvalue weighted by atomic mass is 10.1. The highest BCUT2D eigenvalue weighted by Crippen LogP contribution is 2.03. The second-order valence-electron chi connectivity index (χ2n) is 3.31. The van der Waals surface area contributed by atoms with Gasteiger partial charge in [0.05, 0.1) is 6.20 Å². The Labute approximate surface area is 85.6 Å². The molecule has 0 bridgehead atoms. The van der Waals surface area contributed by atoms with Crippen LogP contribution in [0.1, 0.15) is 23.3 Å². The van der Waals surface area contributed by atoms with Crippen LogP contribution in [0.2, 0.25) is 0 Å². The van der Waals surface area contributed by atoms with E-state index in [1.54, 1.807) is 0 Å². The molecule has 3 N–H and O–H groups in total. The van der Waals surface area contributed by atoms with Gasteiger partial charge >= 0.3 is 0 Å².